The van der Waals surface area contributed by atoms with Gasteiger partial charge in [-0.2, -0.15) is 5.26 Å². The van der Waals surface area contributed by atoms with E-state index in [0.29, 0.717) is 44.6 Å². The second-order valence-corrected chi connectivity index (χ2v) is 13.1. The van der Waals surface area contributed by atoms with Crippen LogP contribution in [0.5, 0.6) is 5.75 Å². The van der Waals surface area contributed by atoms with Crippen molar-refractivity contribution in [2.45, 2.75) is 48.3 Å². The van der Waals surface area contributed by atoms with Gasteiger partial charge in [-0.05, 0) is 67.8 Å². The number of rotatable bonds is 7. The van der Waals surface area contributed by atoms with E-state index in [9.17, 15) is 27.7 Å². The standard InChI is InChI=1S/C28H34FN7O5S/c1-34(2)42(39,40)22-9-5-20(6-10-22)32-25-24-23(11-16-31-26(24)37)36(33-25)28(12-15-30)13-17-35(18-14-28)27(38)41-21-7-3-19(29)4-8-21/h3-10,23-25,32-33H,11-14,16-18H2,1-2H3,(H,31,37). The maximum absolute atomic E-state index is 13.2. The summed E-state index contributed by atoms with van der Waals surface area (Å²) in [6, 6.07) is 13.7. The molecule has 2 aromatic carbocycles. The maximum Gasteiger partial charge on any atom is 0.415 e. The Labute approximate surface area is 244 Å². The highest BCUT2D eigenvalue weighted by Crippen LogP contribution is 2.40. The Hall–Kier alpha value is -3.77. The average Bonchev–Trinajstić information content (AvgIpc) is 3.35. The molecular weight excluding hydrogens is 565 g/mol. The minimum atomic E-state index is -3.58. The van der Waals surface area contributed by atoms with Gasteiger partial charge in [0, 0.05) is 45.5 Å². The molecule has 224 valence electrons. The third-order valence-corrected chi connectivity index (χ3v) is 10.1. The smallest absolute Gasteiger partial charge is 0.410 e. The molecule has 0 aromatic heterocycles. The summed E-state index contributed by atoms with van der Waals surface area (Å²) >= 11 is 0. The fourth-order valence-electron chi connectivity index (χ4n) is 5.95. The third-order valence-electron chi connectivity index (χ3n) is 8.27. The van der Waals surface area contributed by atoms with Gasteiger partial charge in [0.2, 0.25) is 15.9 Å². The van der Waals surface area contributed by atoms with E-state index in [2.05, 4.69) is 22.1 Å². The van der Waals surface area contributed by atoms with Crippen molar-refractivity contribution in [1.29, 1.82) is 5.26 Å². The molecular formula is C28H34FN7O5S. The highest BCUT2D eigenvalue weighted by atomic mass is 32.2. The minimum absolute atomic E-state index is 0.113. The predicted octanol–water partition coefficient (Wildman–Crippen LogP) is 2.09. The number of sulfonamides is 1. The number of halogens is 1. The molecule has 0 saturated carbocycles. The van der Waals surface area contributed by atoms with Crippen molar-refractivity contribution in [2.24, 2.45) is 5.92 Å². The van der Waals surface area contributed by atoms with Gasteiger partial charge in [-0.25, -0.2) is 32.3 Å². The number of carbonyl (C=O) groups excluding carboxylic acids is 2. The number of nitriles is 1. The molecule has 5 rings (SSSR count). The van der Waals surface area contributed by atoms with Gasteiger partial charge in [0.05, 0.1) is 28.8 Å². The third kappa shape index (κ3) is 5.78. The maximum atomic E-state index is 13.2. The molecule has 3 aliphatic rings. The van der Waals surface area contributed by atoms with Crippen LogP contribution in [-0.4, -0.2) is 86.1 Å². The van der Waals surface area contributed by atoms with E-state index in [-0.39, 0.29) is 29.0 Å². The second-order valence-electron chi connectivity index (χ2n) is 11.0. The first kappa shape index (κ1) is 29.7. The zero-order valence-electron chi connectivity index (χ0n) is 23.4. The van der Waals surface area contributed by atoms with Crippen molar-refractivity contribution >= 4 is 27.7 Å². The zero-order valence-corrected chi connectivity index (χ0v) is 24.2. The molecule has 14 heteroatoms. The Bertz CT molecular complexity index is 1450. The summed E-state index contributed by atoms with van der Waals surface area (Å²) in [5, 5.41) is 18.2. The number of anilines is 1. The number of hydrogen-bond donors (Lipinski definition) is 3. The Morgan fingerprint density at radius 1 is 1.17 bits per heavy atom. The monoisotopic (exact) mass is 599 g/mol. The number of hydrazine groups is 1. The number of carbonyl (C=O) groups is 2. The number of amides is 2. The summed E-state index contributed by atoms with van der Waals surface area (Å²) in [7, 11) is -0.644. The molecule has 0 bridgehead atoms. The van der Waals surface area contributed by atoms with Gasteiger partial charge in [0.15, 0.2) is 0 Å². The summed E-state index contributed by atoms with van der Waals surface area (Å²) in [5.74, 6) is -0.767. The highest BCUT2D eigenvalue weighted by molar-refractivity contribution is 7.89. The van der Waals surface area contributed by atoms with Crippen molar-refractivity contribution in [1.82, 2.24) is 25.0 Å². The molecule has 0 radical (unpaired) electrons. The van der Waals surface area contributed by atoms with Crippen LogP contribution in [0.25, 0.3) is 0 Å². The molecule has 3 saturated heterocycles. The molecule has 3 heterocycles. The SMILES string of the molecule is CN(C)S(=O)(=O)c1ccc(NC2NN(C3(CC#N)CCN(C(=O)Oc4ccc(F)cc4)CC3)C3CCNC(=O)C23)cc1. The van der Waals surface area contributed by atoms with Crippen LogP contribution in [-0.2, 0) is 14.8 Å². The van der Waals surface area contributed by atoms with Crippen LogP contribution in [0.2, 0.25) is 0 Å². The molecule has 12 nitrogen and oxygen atoms in total. The Balaban J connectivity index is 1.32. The summed E-state index contributed by atoms with van der Waals surface area (Å²) in [6.07, 6.45) is 0.751. The topological polar surface area (TPSA) is 147 Å². The fraction of sp³-hybridized carbons (Fsp3) is 0.464. The number of piperidine rings is 2. The molecule has 0 aliphatic carbocycles. The van der Waals surface area contributed by atoms with Crippen LogP contribution >= 0.6 is 0 Å². The van der Waals surface area contributed by atoms with E-state index in [4.69, 9.17) is 4.74 Å². The molecule has 3 fully saturated rings. The van der Waals surface area contributed by atoms with Crippen LogP contribution in [0, 0.1) is 23.1 Å². The molecule has 2 amide bonds. The molecule has 42 heavy (non-hydrogen) atoms. The number of benzene rings is 2. The lowest BCUT2D eigenvalue weighted by atomic mass is 9.81. The lowest BCUT2D eigenvalue weighted by Gasteiger charge is -2.48. The summed E-state index contributed by atoms with van der Waals surface area (Å²) < 4.78 is 44.7. The summed E-state index contributed by atoms with van der Waals surface area (Å²) in [4.78, 5) is 27.6. The normalized spacial score (nSPS) is 24.0. The largest absolute Gasteiger partial charge is 0.415 e. The minimum Gasteiger partial charge on any atom is -0.410 e. The van der Waals surface area contributed by atoms with Gasteiger partial charge in [-0.1, -0.05) is 0 Å². The van der Waals surface area contributed by atoms with Crippen molar-refractivity contribution in [3.63, 3.8) is 0 Å². The predicted molar refractivity (Wildman–Crippen MR) is 151 cm³/mol. The molecule has 3 aliphatic heterocycles. The lowest BCUT2D eigenvalue weighted by molar-refractivity contribution is -0.128. The fourth-order valence-corrected chi connectivity index (χ4v) is 6.85. The molecule has 3 unspecified atom stereocenters. The molecule has 0 spiro atoms. The number of hydrogen-bond acceptors (Lipinski definition) is 9. The lowest BCUT2D eigenvalue weighted by Crippen LogP contribution is -2.62. The van der Waals surface area contributed by atoms with Crippen molar-refractivity contribution < 1.29 is 27.1 Å². The van der Waals surface area contributed by atoms with Gasteiger partial charge in [-0.3, -0.25) is 4.79 Å². The van der Waals surface area contributed by atoms with E-state index in [1.807, 2.05) is 5.01 Å². The number of nitrogens with zero attached hydrogens (tertiary/aromatic N) is 4. The second kappa shape index (κ2) is 11.8. The number of fused-ring (bicyclic) bond motifs is 1. The first-order chi connectivity index (χ1) is 20.0. The average molecular weight is 600 g/mol. The Morgan fingerprint density at radius 3 is 2.45 bits per heavy atom. The quantitative estimate of drug-likeness (QED) is 0.435. The molecule has 3 atom stereocenters. The van der Waals surface area contributed by atoms with E-state index in [0.717, 1.165) is 4.31 Å². The zero-order chi connectivity index (χ0) is 30.1. The summed E-state index contributed by atoms with van der Waals surface area (Å²) in [6.45, 7) is 1.17. The van der Waals surface area contributed by atoms with Crippen LogP contribution in [0.4, 0.5) is 14.9 Å². The first-order valence-electron chi connectivity index (χ1n) is 13.8. The van der Waals surface area contributed by atoms with Crippen molar-refractivity contribution in [2.75, 3.05) is 39.0 Å². The number of ether oxygens (including phenoxy) is 1. The summed E-state index contributed by atoms with van der Waals surface area (Å²) in [5.41, 5.74) is 3.47. The van der Waals surface area contributed by atoms with E-state index >= 15 is 0 Å². The van der Waals surface area contributed by atoms with Gasteiger partial charge >= 0.3 is 6.09 Å². The van der Waals surface area contributed by atoms with Crippen LogP contribution in [0.1, 0.15) is 25.7 Å². The van der Waals surface area contributed by atoms with E-state index < -0.39 is 39.6 Å². The van der Waals surface area contributed by atoms with Crippen LogP contribution < -0.4 is 20.8 Å². The van der Waals surface area contributed by atoms with Crippen molar-refractivity contribution in [3.8, 4) is 11.8 Å². The van der Waals surface area contributed by atoms with Crippen molar-refractivity contribution in [3.05, 3.63) is 54.3 Å². The highest BCUT2D eigenvalue weighted by Gasteiger charge is 2.55. The number of nitrogens with one attached hydrogen (secondary N) is 3. The van der Waals surface area contributed by atoms with Gasteiger partial charge in [0.25, 0.3) is 0 Å². The molecule has 2 aromatic rings. The number of likely N-dealkylation sites (tertiary alicyclic amines) is 1. The first-order valence-corrected chi connectivity index (χ1v) is 15.2. The van der Waals surface area contributed by atoms with Gasteiger partial charge in [-0.15, -0.1) is 0 Å². The van der Waals surface area contributed by atoms with E-state index in [1.54, 1.807) is 17.0 Å². The molecule has 3 N–H and O–H groups in total. The van der Waals surface area contributed by atoms with Gasteiger partial charge < -0.3 is 20.3 Å². The van der Waals surface area contributed by atoms with Gasteiger partial charge in [0.1, 0.15) is 17.7 Å². The van der Waals surface area contributed by atoms with Crippen LogP contribution in [0.15, 0.2) is 53.4 Å². The van der Waals surface area contributed by atoms with E-state index in [1.165, 1.54) is 50.5 Å². The van der Waals surface area contributed by atoms with Crippen LogP contribution in [0.3, 0.4) is 0 Å². The Kier molecular flexibility index (Phi) is 8.38. The Morgan fingerprint density at radius 2 is 1.83 bits per heavy atom.